The Kier molecular flexibility index (Phi) is 3.60. The van der Waals surface area contributed by atoms with Crippen LogP contribution < -0.4 is 5.73 Å². The van der Waals surface area contributed by atoms with Crippen LogP contribution >= 0.6 is 0 Å². The fourth-order valence-electron chi connectivity index (χ4n) is 2.66. The Morgan fingerprint density at radius 1 is 1.38 bits per heavy atom. The smallest absolute Gasteiger partial charge is 0.253 e. The van der Waals surface area contributed by atoms with E-state index in [4.69, 9.17) is 10.3 Å². The third kappa shape index (κ3) is 2.89. The number of carbonyl (C=O) groups is 1. The maximum Gasteiger partial charge on any atom is 0.253 e. The lowest BCUT2D eigenvalue weighted by molar-refractivity contribution is 0.0704. The summed E-state index contributed by atoms with van der Waals surface area (Å²) in [5, 5.41) is 3.82. The molecule has 0 bridgehead atoms. The second-order valence-corrected chi connectivity index (χ2v) is 5.37. The SMILES string of the molecule is Cc1noc(C2CCN(C(=O)c3cccc(N)c3)CC2)n1. The molecular weight excluding hydrogens is 268 g/mol. The van der Waals surface area contributed by atoms with E-state index in [9.17, 15) is 4.79 Å². The number of nitrogen functional groups attached to an aromatic ring is 1. The quantitative estimate of drug-likeness (QED) is 0.853. The van der Waals surface area contributed by atoms with E-state index < -0.39 is 0 Å². The van der Waals surface area contributed by atoms with E-state index in [1.807, 2.05) is 11.8 Å². The number of carbonyl (C=O) groups excluding carboxylic acids is 1. The van der Waals surface area contributed by atoms with E-state index in [0.717, 1.165) is 12.8 Å². The number of nitrogens with two attached hydrogens (primary N) is 1. The van der Waals surface area contributed by atoms with Crippen LogP contribution in [0.1, 0.15) is 40.8 Å². The highest BCUT2D eigenvalue weighted by Gasteiger charge is 2.27. The zero-order valence-electron chi connectivity index (χ0n) is 12.0. The first kappa shape index (κ1) is 13.6. The molecule has 0 radical (unpaired) electrons. The van der Waals surface area contributed by atoms with E-state index in [1.165, 1.54) is 0 Å². The third-order valence-corrected chi connectivity index (χ3v) is 3.81. The zero-order chi connectivity index (χ0) is 14.8. The van der Waals surface area contributed by atoms with Gasteiger partial charge in [0.1, 0.15) is 0 Å². The zero-order valence-corrected chi connectivity index (χ0v) is 12.0. The van der Waals surface area contributed by atoms with Crippen molar-refractivity contribution in [1.82, 2.24) is 15.0 Å². The summed E-state index contributed by atoms with van der Waals surface area (Å²) < 4.78 is 5.22. The molecule has 6 nitrogen and oxygen atoms in total. The van der Waals surface area contributed by atoms with Crippen molar-refractivity contribution >= 4 is 11.6 Å². The van der Waals surface area contributed by atoms with E-state index in [2.05, 4.69) is 10.1 Å². The molecule has 21 heavy (non-hydrogen) atoms. The molecule has 0 unspecified atom stereocenters. The first-order valence-corrected chi connectivity index (χ1v) is 7.08. The van der Waals surface area contributed by atoms with Crippen LogP contribution in [0.4, 0.5) is 5.69 Å². The number of aromatic nitrogens is 2. The van der Waals surface area contributed by atoms with Gasteiger partial charge in [-0.2, -0.15) is 4.98 Å². The number of likely N-dealkylation sites (tertiary alicyclic amines) is 1. The van der Waals surface area contributed by atoms with Gasteiger partial charge in [0.2, 0.25) is 5.89 Å². The van der Waals surface area contributed by atoms with Crippen LogP contribution in [0, 0.1) is 6.92 Å². The summed E-state index contributed by atoms with van der Waals surface area (Å²) in [4.78, 5) is 18.6. The molecule has 2 aromatic rings. The van der Waals surface area contributed by atoms with Gasteiger partial charge in [0.15, 0.2) is 5.82 Å². The standard InChI is InChI=1S/C15H18N4O2/c1-10-17-14(21-18-10)11-5-7-19(8-6-11)15(20)12-3-2-4-13(16)9-12/h2-4,9,11H,5-8,16H2,1H3. The fraction of sp³-hybridized carbons (Fsp3) is 0.400. The van der Waals surface area contributed by atoms with E-state index in [1.54, 1.807) is 24.3 Å². The monoisotopic (exact) mass is 286 g/mol. The summed E-state index contributed by atoms with van der Waals surface area (Å²) >= 11 is 0. The van der Waals surface area contributed by atoms with Crippen molar-refractivity contribution in [3.8, 4) is 0 Å². The number of benzene rings is 1. The number of anilines is 1. The fourth-order valence-corrected chi connectivity index (χ4v) is 2.66. The second-order valence-electron chi connectivity index (χ2n) is 5.37. The molecule has 0 aliphatic carbocycles. The Bertz CT molecular complexity index is 645. The molecule has 2 N–H and O–H groups in total. The van der Waals surface area contributed by atoms with Crippen LogP contribution in [0.5, 0.6) is 0 Å². The van der Waals surface area contributed by atoms with Crippen molar-refractivity contribution in [1.29, 1.82) is 0 Å². The van der Waals surface area contributed by atoms with Crippen molar-refractivity contribution in [2.45, 2.75) is 25.7 Å². The van der Waals surface area contributed by atoms with Gasteiger partial charge in [0.05, 0.1) is 0 Å². The molecule has 1 fully saturated rings. The number of aryl methyl sites for hydroxylation is 1. The summed E-state index contributed by atoms with van der Waals surface area (Å²) in [5.74, 6) is 1.62. The van der Waals surface area contributed by atoms with Crippen LogP contribution in [0.3, 0.4) is 0 Å². The molecule has 3 rings (SSSR count). The van der Waals surface area contributed by atoms with Crippen molar-refractivity contribution in [3.63, 3.8) is 0 Å². The van der Waals surface area contributed by atoms with Crippen LogP contribution in [-0.4, -0.2) is 34.0 Å². The van der Waals surface area contributed by atoms with E-state index in [0.29, 0.717) is 36.1 Å². The summed E-state index contributed by atoms with van der Waals surface area (Å²) in [6, 6.07) is 7.10. The molecule has 1 aliphatic rings. The first-order valence-electron chi connectivity index (χ1n) is 7.08. The summed E-state index contributed by atoms with van der Waals surface area (Å²) in [6.07, 6.45) is 1.69. The van der Waals surface area contributed by atoms with E-state index in [-0.39, 0.29) is 11.8 Å². The van der Waals surface area contributed by atoms with Gasteiger partial charge in [0, 0.05) is 30.3 Å². The number of piperidine rings is 1. The average molecular weight is 286 g/mol. The normalized spacial score (nSPS) is 16.1. The highest BCUT2D eigenvalue weighted by atomic mass is 16.5. The van der Waals surface area contributed by atoms with Crippen LogP contribution in [0.15, 0.2) is 28.8 Å². The van der Waals surface area contributed by atoms with Crippen LogP contribution in [0.25, 0.3) is 0 Å². The molecule has 0 spiro atoms. The third-order valence-electron chi connectivity index (χ3n) is 3.81. The van der Waals surface area contributed by atoms with Gasteiger partial charge in [-0.3, -0.25) is 4.79 Å². The van der Waals surface area contributed by atoms with Crippen LogP contribution in [-0.2, 0) is 0 Å². The Balaban J connectivity index is 1.64. The van der Waals surface area contributed by atoms with Gasteiger partial charge in [-0.1, -0.05) is 11.2 Å². The number of rotatable bonds is 2. The number of amides is 1. The molecule has 1 amide bonds. The molecule has 2 heterocycles. The average Bonchev–Trinajstić information content (AvgIpc) is 2.93. The van der Waals surface area contributed by atoms with Gasteiger partial charge in [-0.05, 0) is 38.0 Å². The number of hydrogen-bond acceptors (Lipinski definition) is 5. The van der Waals surface area contributed by atoms with Crippen molar-refractivity contribution < 1.29 is 9.32 Å². The van der Waals surface area contributed by atoms with Crippen molar-refractivity contribution in [2.75, 3.05) is 18.8 Å². The van der Waals surface area contributed by atoms with Gasteiger partial charge in [-0.15, -0.1) is 0 Å². The predicted octanol–water partition coefficient (Wildman–Crippen LogP) is 1.98. The van der Waals surface area contributed by atoms with Crippen molar-refractivity contribution in [3.05, 3.63) is 41.5 Å². The van der Waals surface area contributed by atoms with Gasteiger partial charge >= 0.3 is 0 Å². The number of hydrogen-bond donors (Lipinski definition) is 1. The molecule has 0 atom stereocenters. The molecule has 1 aromatic heterocycles. The van der Waals surface area contributed by atoms with Gasteiger partial charge in [-0.25, -0.2) is 0 Å². The van der Waals surface area contributed by atoms with Gasteiger partial charge < -0.3 is 15.2 Å². The predicted molar refractivity (Wildman–Crippen MR) is 77.8 cm³/mol. The van der Waals surface area contributed by atoms with Crippen molar-refractivity contribution in [2.24, 2.45) is 0 Å². The lowest BCUT2D eigenvalue weighted by Gasteiger charge is -2.30. The molecule has 1 saturated heterocycles. The Labute approximate surface area is 122 Å². The highest BCUT2D eigenvalue weighted by Crippen LogP contribution is 2.27. The Morgan fingerprint density at radius 3 is 2.76 bits per heavy atom. The molecular formula is C15H18N4O2. The second kappa shape index (κ2) is 5.55. The first-order chi connectivity index (χ1) is 10.1. The molecule has 0 saturated carbocycles. The van der Waals surface area contributed by atoms with Crippen LogP contribution in [0.2, 0.25) is 0 Å². The lowest BCUT2D eigenvalue weighted by Crippen LogP contribution is -2.38. The summed E-state index contributed by atoms with van der Waals surface area (Å²) in [6.45, 7) is 3.20. The largest absolute Gasteiger partial charge is 0.399 e. The molecule has 110 valence electrons. The maximum atomic E-state index is 12.4. The number of nitrogens with zero attached hydrogens (tertiary/aromatic N) is 3. The molecule has 1 aromatic carbocycles. The molecule has 1 aliphatic heterocycles. The minimum Gasteiger partial charge on any atom is -0.399 e. The summed E-state index contributed by atoms with van der Waals surface area (Å²) in [7, 11) is 0. The Hall–Kier alpha value is -2.37. The van der Waals surface area contributed by atoms with Gasteiger partial charge in [0.25, 0.3) is 5.91 Å². The maximum absolute atomic E-state index is 12.4. The van der Waals surface area contributed by atoms with E-state index >= 15 is 0 Å². The molecule has 6 heteroatoms. The highest BCUT2D eigenvalue weighted by molar-refractivity contribution is 5.95. The topological polar surface area (TPSA) is 85.2 Å². The minimum atomic E-state index is 0.0301. The summed E-state index contributed by atoms with van der Waals surface area (Å²) in [5.41, 5.74) is 6.98. The lowest BCUT2D eigenvalue weighted by atomic mass is 9.96. The minimum absolute atomic E-state index is 0.0301. The Morgan fingerprint density at radius 2 is 2.14 bits per heavy atom.